The topological polar surface area (TPSA) is 78.9 Å². The molecule has 314 valence electrons. The highest BCUT2D eigenvalue weighted by Gasteiger charge is 2.19. The van der Waals surface area contributed by atoms with Gasteiger partial charge in [0.15, 0.2) is 6.10 Å². The Labute approximate surface area is 329 Å². The van der Waals surface area contributed by atoms with E-state index in [4.69, 9.17) is 14.2 Å². The van der Waals surface area contributed by atoms with Gasteiger partial charge in [0.2, 0.25) is 0 Å². The first-order valence-electron chi connectivity index (χ1n) is 23.3. The van der Waals surface area contributed by atoms with Gasteiger partial charge in [0.25, 0.3) is 0 Å². The summed E-state index contributed by atoms with van der Waals surface area (Å²) < 4.78 is 16.7. The Hall–Kier alpha value is -1.59. The first-order chi connectivity index (χ1) is 25.8. The zero-order chi connectivity index (χ0) is 39.0. The Balaban J connectivity index is 4.34. The number of ether oxygens (including phenoxy) is 3. The van der Waals surface area contributed by atoms with Crippen LogP contribution in [0.1, 0.15) is 253 Å². The van der Waals surface area contributed by atoms with Gasteiger partial charge >= 0.3 is 17.9 Å². The molecule has 0 fully saturated rings. The Morgan fingerprint density at radius 1 is 0.396 bits per heavy atom. The molecule has 0 amide bonds. The molecule has 0 saturated heterocycles. The summed E-state index contributed by atoms with van der Waals surface area (Å²) in [6, 6.07) is 0. The molecule has 1 unspecified atom stereocenters. The number of hydrogen-bond acceptors (Lipinski definition) is 6. The molecule has 2 atom stereocenters. The number of unbranched alkanes of at least 4 members (excludes halogenated alkanes) is 25. The summed E-state index contributed by atoms with van der Waals surface area (Å²) in [4.78, 5) is 37.7. The second-order valence-corrected chi connectivity index (χ2v) is 16.8. The van der Waals surface area contributed by atoms with Gasteiger partial charge in [-0.1, -0.05) is 214 Å². The fraction of sp³-hybridized carbons (Fsp3) is 0.936. The van der Waals surface area contributed by atoms with E-state index in [0.29, 0.717) is 19.3 Å². The van der Waals surface area contributed by atoms with Crippen LogP contribution < -0.4 is 0 Å². The smallest absolute Gasteiger partial charge is 0.306 e. The van der Waals surface area contributed by atoms with Crippen molar-refractivity contribution < 1.29 is 28.6 Å². The highest BCUT2D eigenvalue weighted by Crippen LogP contribution is 2.17. The highest BCUT2D eigenvalue weighted by molar-refractivity contribution is 5.71. The molecule has 0 aliphatic heterocycles. The molecule has 0 bridgehead atoms. The van der Waals surface area contributed by atoms with Crippen LogP contribution in [0.3, 0.4) is 0 Å². The van der Waals surface area contributed by atoms with Crippen LogP contribution in [0.2, 0.25) is 0 Å². The van der Waals surface area contributed by atoms with Crippen molar-refractivity contribution in [3.8, 4) is 0 Å². The molecule has 0 aromatic carbocycles. The lowest BCUT2D eigenvalue weighted by molar-refractivity contribution is -0.167. The van der Waals surface area contributed by atoms with Crippen LogP contribution in [0.25, 0.3) is 0 Å². The summed E-state index contributed by atoms with van der Waals surface area (Å²) in [7, 11) is 0. The van der Waals surface area contributed by atoms with E-state index in [1.54, 1.807) is 0 Å². The minimum absolute atomic E-state index is 0.0653. The lowest BCUT2D eigenvalue weighted by Crippen LogP contribution is -2.30. The Bertz CT molecular complexity index is 811. The van der Waals surface area contributed by atoms with Gasteiger partial charge in [-0.3, -0.25) is 14.4 Å². The zero-order valence-corrected chi connectivity index (χ0v) is 36.1. The van der Waals surface area contributed by atoms with Crippen LogP contribution in [-0.2, 0) is 28.6 Å². The first kappa shape index (κ1) is 51.4. The van der Waals surface area contributed by atoms with Gasteiger partial charge in [-0.15, -0.1) is 0 Å². The lowest BCUT2D eigenvalue weighted by atomic mass is 10.00. The van der Waals surface area contributed by atoms with Crippen molar-refractivity contribution in [2.24, 2.45) is 11.8 Å². The van der Waals surface area contributed by atoms with Crippen molar-refractivity contribution in [1.29, 1.82) is 0 Å². The van der Waals surface area contributed by atoms with Gasteiger partial charge < -0.3 is 14.2 Å². The maximum atomic E-state index is 12.7. The van der Waals surface area contributed by atoms with Gasteiger partial charge in [0.1, 0.15) is 13.2 Å². The number of carbonyl (C=O) groups is 3. The van der Waals surface area contributed by atoms with Crippen LogP contribution in [0, 0.1) is 11.8 Å². The summed E-state index contributed by atoms with van der Waals surface area (Å²) in [6.07, 6.45) is 38.0. The third-order valence-electron chi connectivity index (χ3n) is 10.8. The molecule has 0 aliphatic carbocycles. The van der Waals surface area contributed by atoms with Gasteiger partial charge in [-0.05, 0) is 31.1 Å². The summed E-state index contributed by atoms with van der Waals surface area (Å²) in [6.45, 7) is 11.3. The fourth-order valence-electron chi connectivity index (χ4n) is 6.90. The molecule has 0 radical (unpaired) electrons. The van der Waals surface area contributed by atoms with Gasteiger partial charge in [-0.2, -0.15) is 0 Å². The predicted octanol–water partition coefficient (Wildman–Crippen LogP) is 14.6. The molecule has 0 aliphatic rings. The zero-order valence-electron chi connectivity index (χ0n) is 36.1. The highest BCUT2D eigenvalue weighted by atomic mass is 16.6. The Morgan fingerprint density at radius 3 is 1.08 bits per heavy atom. The van der Waals surface area contributed by atoms with Crippen molar-refractivity contribution in [2.45, 2.75) is 259 Å². The molecule has 0 saturated carbocycles. The Kier molecular flexibility index (Phi) is 38.9. The van der Waals surface area contributed by atoms with Crippen LogP contribution in [-0.4, -0.2) is 37.2 Å². The SMILES string of the molecule is CCCCCCCCCCCCCCC(=O)OC[C@@H](COC(=O)CCCCCCCCC(C)CC)OC(=O)CCCCCCCCCCCCC(C)C. The van der Waals surface area contributed by atoms with Crippen molar-refractivity contribution >= 4 is 17.9 Å². The van der Waals surface area contributed by atoms with Crippen LogP contribution in [0.4, 0.5) is 0 Å². The molecule has 6 heteroatoms. The van der Waals surface area contributed by atoms with Crippen molar-refractivity contribution in [3.05, 3.63) is 0 Å². The van der Waals surface area contributed by atoms with E-state index < -0.39 is 6.10 Å². The molecule has 0 aromatic rings. The lowest BCUT2D eigenvalue weighted by Gasteiger charge is -2.18. The van der Waals surface area contributed by atoms with E-state index in [0.717, 1.165) is 69.6 Å². The maximum absolute atomic E-state index is 12.7. The average Bonchev–Trinajstić information content (AvgIpc) is 3.14. The number of carbonyl (C=O) groups excluding carboxylic acids is 3. The monoisotopic (exact) mass is 751 g/mol. The maximum Gasteiger partial charge on any atom is 0.306 e. The second-order valence-electron chi connectivity index (χ2n) is 16.8. The van der Waals surface area contributed by atoms with Crippen LogP contribution >= 0.6 is 0 Å². The van der Waals surface area contributed by atoms with E-state index in [2.05, 4.69) is 34.6 Å². The van der Waals surface area contributed by atoms with E-state index in [1.807, 2.05) is 0 Å². The summed E-state index contributed by atoms with van der Waals surface area (Å²) in [5.41, 5.74) is 0. The largest absolute Gasteiger partial charge is 0.462 e. The number of hydrogen-bond donors (Lipinski definition) is 0. The van der Waals surface area contributed by atoms with Gasteiger partial charge in [0.05, 0.1) is 0 Å². The minimum atomic E-state index is -0.761. The number of rotatable bonds is 41. The summed E-state index contributed by atoms with van der Waals surface area (Å²) >= 11 is 0. The van der Waals surface area contributed by atoms with E-state index in [1.165, 1.54) is 141 Å². The Morgan fingerprint density at radius 2 is 0.717 bits per heavy atom. The number of esters is 3. The second kappa shape index (κ2) is 40.1. The summed E-state index contributed by atoms with van der Waals surface area (Å²) in [5.74, 6) is 0.771. The molecular formula is C47H90O6. The van der Waals surface area contributed by atoms with Crippen LogP contribution in [0.15, 0.2) is 0 Å². The normalized spacial score (nSPS) is 12.6. The molecular weight excluding hydrogens is 661 g/mol. The molecule has 0 N–H and O–H groups in total. The van der Waals surface area contributed by atoms with E-state index >= 15 is 0 Å². The van der Waals surface area contributed by atoms with E-state index in [-0.39, 0.29) is 31.1 Å². The quantitative estimate of drug-likeness (QED) is 0.0352. The summed E-state index contributed by atoms with van der Waals surface area (Å²) in [5, 5.41) is 0. The standard InChI is InChI=1S/C47H90O6/c1-6-8-9-10-11-12-13-14-18-21-27-32-37-45(48)51-40-44(41-52-46(49)38-33-28-24-23-26-31-36-43(5)7-2)53-47(50)39-34-29-22-19-16-15-17-20-25-30-35-42(3)4/h42-44H,6-41H2,1-5H3/t43?,44-/m0/s1. The van der Waals surface area contributed by atoms with Crippen molar-refractivity contribution in [1.82, 2.24) is 0 Å². The molecule has 6 nitrogen and oxygen atoms in total. The van der Waals surface area contributed by atoms with Gasteiger partial charge in [-0.25, -0.2) is 0 Å². The molecule has 53 heavy (non-hydrogen) atoms. The molecule has 0 aromatic heterocycles. The first-order valence-corrected chi connectivity index (χ1v) is 23.3. The third-order valence-corrected chi connectivity index (χ3v) is 10.8. The van der Waals surface area contributed by atoms with Crippen molar-refractivity contribution in [3.63, 3.8) is 0 Å². The average molecular weight is 751 g/mol. The molecule has 0 heterocycles. The fourth-order valence-corrected chi connectivity index (χ4v) is 6.90. The molecule has 0 rings (SSSR count). The van der Waals surface area contributed by atoms with Gasteiger partial charge in [0, 0.05) is 19.3 Å². The predicted molar refractivity (Wildman–Crippen MR) is 224 cm³/mol. The van der Waals surface area contributed by atoms with Crippen LogP contribution in [0.5, 0.6) is 0 Å². The minimum Gasteiger partial charge on any atom is -0.462 e. The van der Waals surface area contributed by atoms with E-state index in [9.17, 15) is 14.4 Å². The third kappa shape index (κ3) is 39.9. The molecule has 0 spiro atoms. The van der Waals surface area contributed by atoms with Crippen molar-refractivity contribution in [2.75, 3.05) is 13.2 Å².